The lowest BCUT2D eigenvalue weighted by molar-refractivity contribution is -0.141. The van der Waals surface area contributed by atoms with Gasteiger partial charge in [0.1, 0.15) is 16.9 Å². The number of nitrogens with two attached hydrogens (primary N) is 1. The van der Waals surface area contributed by atoms with Crippen molar-refractivity contribution in [2.75, 3.05) is 5.73 Å². The molecule has 0 amide bonds. The van der Waals surface area contributed by atoms with Crippen molar-refractivity contribution in [3.63, 3.8) is 0 Å². The van der Waals surface area contributed by atoms with Gasteiger partial charge in [-0.1, -0.05) is 12.1 Å². The fourth-order valence-corrected chi connectivity index (χ4v) is 2.79. The van der Waals surface area contributed by atoms with E-state index in [1.807, 2.05) is 0 Å². The molecule has 0 bridgehead atoms. The van der Waals surface area contributed by atoms with E-state index in [0.29, 0.717) is 11.6 Å². The van der Waals surface area contributed by atoms with Crippen molar-refractivity contribution in [1.82, 2.24) is 9.55 Å². The van der Waals surface area contributed by atoms with Crippen LogP contribution in [0.2, 0.25) is 0 Å². The van der Waals surface area contributed by atoms with Crippen LogP contribution in [0.25, 0.3) is 16.7 Å². The third-order valence-electron chi connectivity index (χ3n) is 4.20. The predicted octanol–water partition coefficient (Wildman–Crippen LogP) is 2.74. The molecule has 2 heterocycles. The van der Waals surface area contributed by atoms with Gasteiger partial charge < -0.3 is 15.9 Å². The maximum Gasteiger partial charge on any atom is 0.433 e. The van der Waals surface area contributed by atoms with Gasteiger partial charge >= 0.3 is 12.1 Å². The van der Waals surface area contributed by atoms with Gasteiger partial charge in [-0.25, -0.2) is 9.78 Å². The maximum atomic E-state index is 13.1. The van der Waals surface area contributed by atoms with Crippen molar-refractivity contribution in [3.05, 3.63) is 63.6 Å². The number of rotatable bonds is 3. The number of fused-ring (bicyclic) bond motifs is 1. The van der Waals surface area contributed by atoms with Gasteiger partial charge in [0.2, 0.25) is 0 Å². The lowest BCUT2D eigenvalue weighted by Crippen LogP contribution is -2.28. The number of aliphatic hydroxyl groups is 1. The third-order valence-corrected chi connectivity index (χ3v) is 4.20. The van der Waals surface area contributed by atoms with Gasteiger partial charge in [0, 0.05) is 5.39 Å². The number of pyridine rings is 2. The number of benzene rings is 1. The smallest absolute Gasteiger partial charge is 0.433 e. The number of anilines is 1. The van der Waals surface area contributed by atoms with Gasteiger partial charge in [-0.3, -0.25) is 9.36 Å². The van der Waals surface area contributed by atoms with Crippen molar-refractivity contribution in [3.8, 4) is 5.69 Å². The Bertz CT molecular complexity index is 1140. The van der Waals surface area contributed by atoms with Crippen LogP contribution in [0.3, 0.4) is 0 Å². The molecule has 1 unspecified atom stereocenters. The standard InChI is InChI=1S/C18H14F3N3O4/c1-8(25)9-2-4-10(5-3-9)24-15-11(6-7-12(23-15)18(19,20)21)14(22)13(16(24)26)17(27)28/h2-8,25H,22H2,1H3,(H,27,28). The van der Waals surface area contributed by atoms with Crippen LogP contribution in [-0.4, -0.2) is 25.7 Å². The Balaban J connectivity index is 2.44. The summed E-state index contributed by atoms with van der Waals surface area (Å²) in [4.78, 5) is 27.8. The molecule has 0 aliphatic rings. The molecule has 0 fully saturated rings. The number of nitrogen functional groups attached to an aromatic ring is 1. The van der Waals surface area contributed by atoms with Crippen LogP contribution < -0.4 is 11.3 Å². The highest BCUT2D eigenvalue weighted by molar-refractivity contribution is 6.03. The summed E-state index contributed by atoms with van der Waals surface area (Å²) < 4.78 is 40.1. The first-order valence-electron chi connectivity index (χ1n) is 7.96. The Kier molecular flexibility index (Phi) is 4.59. The van der Waals surface area contributed by atoms with Gasteiger partial charge in [-0.05, 0) is 36.8 Å². The second-order valence-corrected chi connectivity index (χ2v) is 6.07. The summed E-state index contributed by atoms with van der Waals surface area (Å²) in [6.45, 7) is 1.51. The van der Waals surface area contributed by atoms with Gasteiger partial charge in [-0.15, -0.1) is 0 Å². The molecule has 0 aliphatic carbocycles. The van der Waals surface area contributed by atoms with Gasteiger partial charge in [0.25, 0.3) is 5.56 Å². The number of hydrogen-bond donors (Lipinski definition) is 3. The zero-order valence-corrected chi connectivity index (χ0v) is 14.4. The second-order valence-electron chi connectivity index (χ2n) is 6.07. The fourth-order valence-electron chi connectivity index (χ4n) is 2.79. The van der Waals surface area contributed by atoms with Crippen molar-refractivity contribution < 1.29 is 28.2 Å². The number of aromatic carboxylic acids is 1. The van der Waals surface area contributed by atoms with E-state index in [0.717, 1.165) is 10.6 Å². The molecule has 10 heteroatoms. The summed E-state index contributed by atoms with van der Waals surface area (Å²) in [5.74, 6) is -1.61. The molecule has 2 aromatic heterocycles. The first kappa shape index (κ1) is 19.4. The Hall–Kier alpha value is -3.40. The van der Waals surface area contributed by atoms with Crippen LogP contribution in [0.4, 0.5) is 18.9 Å². The molecule has 0 aliphatic heterocycles. The highest BCUT2D eigenvalue weighted by Crippen LogP contribution is 2.31. The molecule has 7 nitrogen and oxygen atoms in total. The number of aromatic nitrogens is 2. The molecule has 0 saturated heterocycles. The van der Waals surface area contributed by atoms with E-state index in [4.69, 9.17) is 5.73 Å². The monoisotopic (exact) mass is 393 g/mol. The SMILES string of the molecule is CC(O)c1ccc(-n2c(=O)c(C(=O)O)c(N)c3ccc(C(F)(F)F)nc32)cc1. The van der Waals surface area contributed by atoms with E-state index in [9.17, 15) is 33.0 Å². The number of nitrogens with zero attached hydrogens (tertiary/aromatic N) is 2. The van der Waals surface area contributed by atoms with E-state index >= 15 is 0 Å². The lowest BCUT2D eigenvalue weighted by atomic mass is 10.1. The summed E-state index contributed by atoms with van der Waals surface area (Å²) in [6.07, 6.45) is -5.58. The molecular weight excluding hydrogens is 379 g/mol. The molecular formula is C18H14F3N3O4. The molecule has 4 N–H and O–H groups in total. The highest BCUT2D eigenvalue weighted by atomic mass is 19.4. The molecule has 146 valence electrons. The average molecular weight is 393 g/mol. The van der Waals surface area contributed by atoms with Crippen LogP contribution in [0.15, 0.2) is 41.2 Å². The second kappa shape index (κ2) is 6.64. The number of alkyl halides is 3. The van der Waals surface area contributed by atoms with Gasteiger partial charge in [0.05, 0.1) is 17.5 Å². The molecule has 3 aromatic rings. The van der Waals surface area contributed by atoms with E-state index in [-0.39, 0.29) is 11.1 Å². The predicted molar refractivity (Wildman–Crippen MR) is 94.3 cm³/mol. The molecule has 1 aromatic carbocycles. The average Bonchev–Trinajstić information content (AvgIpc) is 2.60. The first-order chi connectivity index (χ1) is 13.0. The number of carboxylic acid groups (broad SMARTS) is 1. The fraction of sp³-hybridized carbons (Fsp3) is 0.167. The summed E-state index contributed by atoms with van der Waals surface area (Å²) in [7, 11) is 0. The van der Waals surface area contributed by atoms with Crippen LogP contribution in [0.5, 0.6) is 0 Å². The molecule has 0 spiro atoms. The van der Waals surface area contributed by atoms with E-state index in [1.54, 1.807) is 0 Å². The van der Waals surface area contributed by atoms with E-state index in [1.165, 1.54) is 31.2 Å². The minimum atomic E-state index is -4.77. The molecule has 1 atom stereocenters. The number of aliphatic hydroxyl groups excluding tert-OH is 1. The molecule has 3 rings (SSSR count). The van der Waals surface area contributed by atoms with Crippen LogP contribution in [0, 0.1) is 0 Å². The largest absolute Gasteiger partial charge is 0.477 e. The summed E-state index contributed by atoms with van der Waals surface area (Å²) >= 11 is 0. The Morgan fingerprint density at radius 3 is 2.29 bits per heavy atom. The van der Waals surface area contributed by atoms with Crippen molar-refractivity contribution in [2.45, 2.75) is 19.2 Å². The minimum absolute atomic E-state index is 0.0775. The normalized spacial score (nSPS) is 12.9. The summed E-state index contributed by atoms with van der Waals surface area (Å²) in [6, 6.07) is 7.30. The number of carboxylic acids is 1. The van der Waals surface area contributed by atoms with Crippen LogP contribution >= 0.6 is 0 Å². The quantitative estimate of drug-likeness (QED) is 0.630. The van der Waals surface area contributed by atoms with Crippen molar-refractivity contribution >= 4 is 22.7 Å². The Labute approximate surface area is 155 Å². The maximum absolute atomic E-state index is 13.1. The van der Waals surface area contributed by atoms with Crippen LogP contribution in [0.1, 0.15) is 34.6 Å². The summed E-state index contributed by atoms with van der Waals surface area (Å²) in [5.41, 5.74) is 2.29. The number of carbonyl (C=O) groups is 1. The number of hydrogen-bond acceptors (Lipinski definition) is 5. The van der Waals surface area contributed by atoms with Crippen molar-refractivity contribution in [1.29, 1.82) is 0 Å². The minimum Gasteiger partial charge on any atom is -0.477 e. The zero-order chi connectivity index (χ0) is 20.8. The van der Waals surface area contributed by atoms with Gasteiger partial charge in [-0.2, -0.15) is 13.2 Å². The van der Waals surface area contributed by atoms with Gasteiger partial charge in [0.15, 0.2) is 0 Å². The number of halogens is 3. The molecule has 0 saturated carbocycles. The third kappa shape index (κ3) is 3.18. The first-order valence-corrected chi connectivity index (χ1v) is 7.96. The van der Waals surface area contributed by atoms with Crippen LogP contribution in [-0.2, 0) is 6.18 Å². The van der Waals surface area contributed by atoms with E-state index in [2.05, 4.69) is 4.98 Å². The highest BCUT2D eigenvalue weighted by Gasteiger charge is 2.33. The van der Waals surface area contributed by atoms with E-state index < -0.39 is 46.4 Å². The Morgan fingerprint density at radius 2 is 1.79 bits per heavy atom. The molecule has 28 heavy (non-hydrogen) atoms. The topological polar surface area (TPSA) is 118 Å². The molecule has 0 radical (unpaired) electrons. The van der Waals surface area contributed by atoms with Crippen molar-refractivity contribution in [2.24, 2.45) is 0 Å². The lowest BCUT2D eigenvalue weighted by Gasteiger charge is -2.16. The summed E-state index contributed by atoms with van der Waals surface area (Å²) in [5, 5.41) is 18.8. The Morgan fingerprint density at radius 1 is 1.18 bits per heavy atom. The zero-order valence-electron chi connectivity index (χ0n) is 14.4.